The van der Waals surface area contributed by atoms with Crippen molar-refractivity contribution in [2.24, 2.45) is 5.16 Å². The highest BCUT2D eigenvalue weighted by Crippen LogP contribution is 2.29. The van der Waals surface area contributed by atoms with E-state index in [1.807, 2.05) is 0 Å². The largest absolute Gasteiger partial charge is 0.474 e. The number of cyclic esters (lactones) is 1. The zero-order valence-corrected chi connectivity index (χ0v) is 15.6. The number of benzene rings is 1. The maximum absolute atomic E-state index is 12.5. The summed E-state index contributed by atoms with van der Waals surface area (Å²) in [6.45, 7) is 2.02. The van der Waals surface area contributed by atoms with Crippen molar-refractivity contribution in [2.75, 3.05) is 6.61 Å². The van der Waals surface area contributed by atoms with Crippen LogP contribution in [-0.2, 0) is 27.2 Å². The normalized spacial score (nSPS) is 17.2. The van der Waals surface area contributed by atoms with Crippen LogP contribution < -0.4 is 4.74 Å². The Morgan fingerprint density at radius 1 is 1.24 bits per heavy atom. The average Bonchev–Trinajstić information content (AvgIpc) is 3.11. The van der Waals surface area contributed by atoms with Crippen molar-refractivity contribution < 1.29 is 32.3 Å². The number of halogens is 3. The number of esters is 1. The lowest BCUT2D eigenvalue weighted by Gasteiger charge is -2.10. The van der Waals surface area contributed by atoms with E-state index < -0.39 is 11.7 Å². The lowest BCUT2D eigenvalue weighted by molar-refractivity contribution is -0.142. The van der Waals surface area contributed by atoms with Gasteiger partial charge in [0.2, 0.25) is 5.88 Å². The summed E-state index contributed by atoms with van der Waals surface area (Å²) in [7, 11) is 0. The fraction of sp³-hybridized carbons (Fsp3) is 0.350. The summed E-state index contributed by atoms with van der Waals surface area (Å²) in [5.41, 5.74) is 1.13. The summed E-state index contributed by atoms with van der Waals surface area (Å²) in [5, 5.41) is 3.96. The first-order valence-corrected chi connectivity index (χ1v) is 8.92. The van der Waals surface area contributed by atoms with Crippen molar-refractivity contribution in [3.8, 4) is 5.88 Å². The van der Waals surface area contributed by atoms with Crippen molar-refractivity contribution in [2.45, 2.75) is 38.7 Å². The molecule has 9 heteroatoms. The van der Waals surface area contributed by atoms with Gasteiger partial charge in [-0.05, 0) is 37.1 Å². The van der Waals surface area contributed by atoms with Crippen LogP contribution in [0.4, 0.5) is 13.2 Å². The Hall–Kier alpha value is -3.10. The first-order valence-electron chi connectivity index (χ1n) is 8.92. The molecule has 0 spiro atoms. The van der Waals surface area contributed by atoms with E-state index in [-0.39, 0.29) is 25.3 Å². The molecule has 1 aliphatic rings. The van der Waals surface area contributed by atoms with Gasteiger partial charge in [0.05, 0.1) is 11.3 Å². The summed E-state index contributed by atoms with van der Waals surface area (Å²) in [6.07, 6.45) is -2.00. The molecule has 1 aromatic heterocycles. The predicted octanol–water partition coefficient (Wildman–Crippen LogP) is 4.13. The maximum atomic E-state index is 12.5. The maximum Gasteiger partial charge on any atom is 0.416 e. The molecule has 0 amide bonds. The fourth-order valence-electron chi connectivity index (χ4n) is 2.60. The number of rotatable bonds is 7. The van der Waals surface area contributed by atoms with Crippen LogP contribution >= 0.6 is 0 Å². The van der Waals surface area contributed by atoms with E-state index in [9.17, 15) is 18.0 Å². The van der Waals surface area contributed by atoms with Crippen LogP contribution in [0, 0.1) is 0 Å². The van der Waals surface area contributed by atoms with Crippen molar-refractivity contribution in [3.63, 3.8) is 0 Å². The topological polar surface area (TPSA) is 70.0 Å². The highest BCUT2D eigenvalue weighted by Gasteiger charge is 2.29. The van der Waals surface area contributed by atoms with Crippen molar-refractivity contribution in [1.29, 1.82) is 0 Å². The van der Waals surface area contributed by atoms with E-state index in [0.717, 1.165) is 12.1 Å². The second kappa shape index (κ2) is 8.93. The third-order valence-corrected chi connectivity index (χ3v) is 4.25. The van der Waals surface area contributed by atoms with Gasteiger partial charge in [0.15, 0.2) is 0 Å². The Bertz CT molecular complexity index is 865. The van der Waals surface area contributed by atoms with Gasteiger partial charge in [0.25, 0.3) is 0 Å². The SMILES string of the molecule is CC(=NOCc1ccc(C(F)(F)F)cc1)c1ccc(OCC2CCC(=O)O2)nc1. The quantitative estimate of drug-likeness (QED) is 0.392. The molecule has 1 atom stereocenters. The summed E-state index contributed by atoms with van der Waals surface area (Å²) >= 11 is 0. The number of oxime groups is 1. The molecular formula is C20H19F3N2O4. The van der Waals surface area contributed by atoms with E-state index in [2.05, 4.69) is 10.1 Å². The minimum absolute atomic E-state index is 0.0458. The highest BCUT2D eigenvalue weighted by molar-refractivity contribution is 5.98. The summed E-state index contributed by atoms with van der Waals surface area (Å²) in [5.74, 6) is 0.181. The third kappa shape index (κ3) is 5.94. The summed E-state index contributed by atoms with van der Waals surface area (Å²) in [6, 6.07) is 8.13. The Morgan fingerprint density at radius 2 is 2.00 bits per heavy atom. The number of ether oxygens (including phenoxy) is 2. The summed E-state index contributed by atoms with van der Waals surface area (Å²) in [4.78, 5) is 20.4. The smallest absolute Gasteiger partial charge is 0.416 e. The minimum Gasteiger partial charge on any atom is -0.474 e. The number of aromatic nitrogens is 1. The molecule has 0 saturated carbocycles. The standard InChI is InChI=1S/C20H19F3N2O4/c1-13(25-28-11-14-2-5-16(6-3-14)20(21,22)23)15-4-8-18(24-10-15)27-12-17-7-9-19(26)29-17/h2-6,8,10,17H,7,9,11-12H2,1H3. The molecule has 0 N–H and O–H groups in total. The number of nitrogens with zero attached hydrogens (tertiary/aromatic N) is 2. The molecule has 0 aliphatic carbocycles. The van der Waals surface area contributed by atoms with Gasteiger partial charge in [0.1, 0.15) is 19.3 Å². The lowest BCUT2D eigenvalue weighted by Crippen LogP contribution is -2.17. The van der Waals surface area contributed by atoms with E-state index in [4.69, 9.17) is 14.3 Å². The van der Waals surface area contributed by atoms with Gasteiger partial charge in [-0.15, -0.1) is 0 Å². The number of carbonyl (C=O) groups excluding carboxylic acids is 1. The molecule has 1 saturated heterocycles. The van der Waals surface area contributed by atoms with Gasteiger partial charge in [-0.2, -0.15) is 13.2 Å². The van der Waals surface area contributed by atoms with Crippen LogP contribution in [0.2, 0.25) is 0 Å². The monoisotopic (exact) mass is 408 g/mol. The number of hydrogen-bond donors (Lipinski definition) is 0. The van der Waals surface area contributed by atoms with Crippen molar-refractivity contribution in [1.82, 2.24) is 4.98 Å². The number of pyridine rings is 1. The Kier molecular flexibility index (Phi) is 6.36. The first-order chi connectivity index (χ1) is 13.8. The third-order valence-electron chi connectivity index (χ3n) is 4.25. The van der Waals surface area contributed by atoms with Crippen LogP contribution in [0.3, 0.4) is 0 Å². The van der Waals surface area contributed by atoms with Crippen molar-refractivity contribution in [3.05, 3.63) is 59.3 Å². The van der Waals surface area contributed by atoms with Gasteiger partial charge in [-0.1, -0.05) is 17.3 Å². The Morgan fingerprint density at radius 3 is 2.59 bits per heavy atom. The summed E-state index contributed by atoms with van der Waals surface area (Å²) < 4.78 is 48.2. The van der Waals surface area contributed by atoms with Gasteiger partial charge < -0.3 is 14.3 Å². The second-order valence-electron chi connectivity index (χ2n) is 6.49. The number of hydrogen-bond acceptors (Lipinski definition) is 6. The predicted molar refractivity (Wildman–Crippen MR) is 97.3 cm³/mol. The number of alkyl halides is 3. The molecule has 6 nitrogen and oxygen atoms in total. The molecule has 1 aromatic carbocycles. The van der Waals surface area contributed by atoms with E-state index >= 15 is 0 Å². The highest BCUT2D eigenvalue weighted by atomic mass is 19.4. The van der Waals surface area contributed by atoms with Crippen LogP contribution in [0.5, 0.6) is 5.88 Å². The zero-order chi connectivity index (χ0) is 20.9. The van der Waals surface area contributed by atoms with Gasteiger partial charge in [0, 0.05) is 24.2 Å². The zero-order valence-electron chi connectivity index (χ0n) is 15.6. The van der Waals surface area contributed by atoms with Crippen LogP contribution in [-0.4, -0.2) is 29.4 Å². The molecule has 0 bridgehead atoms. The molecule has 1 aliphatic heterocycles. The molecule has 2 heterocycles. The fourth-order valence-corrected chi connectivity index (χ4v) is 2.60. The lowest BCUT2D eigenvalue weighted by atomic mass is 10.1. The second-order valence-corrected chi connectivity index (χ2v) is 6.49. The molecule has 1 unspecified atom stereocenters. The van der Waals surface area contributed by atoms with E-state index in [1.54, 1.807) is 25.3 Å². The molecule has 3 rings (SSSR count). The van der Waals surface area contributed by atoms with Gasteiger partial charge in [-0.3, -0.25) is 4.79 Å². The Balaban J connectivity index is 1.48. The first kappa shape index (κ1) is 20.6. The van der Waals surface area contributed by atoms with Crippen LogP contribution in [0.25, 0.3) is 0 Å². The number of carbonyl (C=O) groups is 1. The minimum atomic E-state index is -4.36. The van der Waals surface area contributed by atoms with Gasteiger partial charge in [-0.25, -0.2) is 4.98 Å². The molecule has 0 radical (unpaired) electrons. The van der Waals surface area contributed by atoms with Crippen LogP contribution in [0.15, 0.2) is 47.8 Å². The molecule has 2 aromatic rings. The molecule has 29 heavy (non-hydrogen) atoms. The van der Waals surface area contributed by atoms with Gasteiger partial charge >= 0.3 is 12.1 Å². The molecular weight excluding hydrogens is 389 g/mol. The van der Waals surface area contributed by atoms with Crippen molar-refractivity contribution >= 4 is 11.7 Å². The average molecular weight is 408 g/mol. The molecule has 1 fully saturated rings. The van der Waals surface area contributed by atoms with E-state index in [1.165, 1.54) is 12.1 Å². The van der Waals surface area contributed by atoms with Crippen LogP contribution in [0.1, 0.15) is 36.5 Å². The Labute approximate surface area is 165 Å². The van der Waals surface area contributed by atoms with E-state index in [0.29, 0.717) is 35.6 Å². The molecule has 154 valence electrons.